The fraction of sp³-hybridized carbons (Fsp3) is 0.167. The zero-order chi connectivity index (χ0) is 11.2. The third-order valence-corrected chi connectivity index (χ3v) is 2.95. The normalized spacial score (nSPS) is 10.0. The minimum Gasteiger partial charge on any atom is -0.352 e. The molecule has 0 radical (unpaired) electrons. The number of carbonyl (C=O) groups is 1. The molecule has 4 heteroatoms. The number of aromatic nitrogens is 1. The Morgan fingerprint density at radius 1 is 1.31 bits per heavy atom. The van der Waals surface area contributed by atoms with Gasteiger partial charge in [0, 0.05) is 24.5 Å². The summed E-state index contributed by atoms with van der Waals surface area (Å²) in [6.45, 7) is 0.665. The van der Waals surface area contributed by atoms with Gasteiger partial charge in [0.05, 0.1) is 0 Å². The van der Waals surface area contributed by atoms with Crippen molar-refractivity contribution in [2.24, 2.45) is 0 Å². The van der Waals surface area contributed by atoms with Crippen LogP contribution in [0.4, 0.5) is 0 Å². The summed E-state index contributed by atoms with van der Waals surface area (Å²) in [4.78, 5) is 15.5. The monoisotopic (exact) mass is 232 g/mol. The van der Waals surface area contributed by atoms with E-state index >= 15 is 0 Å². The molecule has 0 unspecified atom stereocenters. The second-order valence-electron chi connectivity index (χ2n) is 3.37. The maximum absolute atomic E-state index is 11.6. The van der Waals surface area contributed by atoms with Gasteiger partial charge in [0.1, 0.15) is 0 Å². The minimum absolute atomic E-state index is 0.0439. The number of hydrogen-bond acceptors (Lipinski definition) is 3. The summed E-state index contributed by atoms with van der Waals surface area (Å²) < 4.78 is 0. The molecule has 0 atom stereocenters. The van der Waals surface area contributed by atoms with Crippen molar-refractivity contribution in [2.45, 2.75) is 6.42 Å². The predicted octanol–water partition coefficient (Wildman–Crippen LogP) is 2.12. The third kappa shape index (κ3) is 2.90. The van der Waals surface area contributed by atoms with Crippen LogP contribution in [0.15, 0.2) is 41.4 Å². The Balaban J connectivity index is 1.81. The van der Waals surface area contributed by atoms with Crippen molar-refractivity contribution in [1.82, 2.24) is 10.3 Å². The SMILES string of the molecule is O=C(NCCc1ccsc1)c1ccncc1. The lowest BCUT2D eigenvalue weighted by atomic mass is 10.2. The first kappa shape index (κ1) is 10.8. The highest BCUT2D eigenvalue weighted by atomic mass is 32.1. The van der Waals surface area contributed by atoms with E-state index in [2.05, 4.69) is 21.7 Å². The van der Waals surface area contributed by atoms with E-state index in [1.807, 2.05) is 5.38 Å². The third-order valence-electron chi connectivity index (χ3n) is 2.22. The van der Waals surface area contributed by atoms with E-state index in [4.69, 9.17) is 0 Å². The molecule has 1 N–H and O–H groups in total. The van der Waals surface area contributed by atoms with Crippen molar-refractivity contribution in [3.63, 3.8) is 0 Å². The number of amides is 1. The van der Waals surface area contributed by atoms with Gasteiger partial charge in [0.15, 0.2) is 0 Å². The smallest absolute Gasteiger partial charge is 0.251 e. The maximum Gasteiger partial charge on any atom is 0.251 e. The topological polar surface area (TPSA) is 42.0 Å². The molecule has 0 saturated carbocycles. The van der Waals surface area contributed by atoms with Gasteiger partial charge in [-0.2, -0.15) is 11.3 Å². The maximum atomic E-state index is 11.6. The summed E-state index contributed by atoms with van der Waals surface area (Å²) in [6, 6.07) is 5.49. The average molecular weight is 232 g/mol. The number of nitrogens with zero attached hydrogens (tertiary/aromatic N) is 1. The van der Waals surface area contributed by atoms with Gasteiger partial charge in [-0.1, -0.05) is 0 Å². The summed E-state index contributed by atoms with van der Waals surface area (Å²) in [5.74, 6) is -0.0439. The van der Waals surface area contributed by atoms with Crippen LogP contribution in [0.2, 0.25) is 0 Å². The van der Waals surface area contributed by atoms with Gasteiger partial charge in [0.25, 0.3) is 5.91 Å². The second kappa shape index (κ2) is 5.42. The number of thiophene rings is 1. The zero-order valence-electron chi connectivity index (χ0n) is 8.72. The Morgan fingerprint density at radius 3 is 2.81 bits per heavy atom. The highest BCUT2D eigenvalue weighted by Gasteiger charge is 2.03. The lowest BCUT2D eigenvalue weighted by Crippen LogP contribution is -2.25. The van der Waals surface area contributed by atoms with Crippen LogP contribution in [0.5, 0.6) is 0 Å². The number of rotatable bonds is 4. The van der Waals surface area contributed by atoms with Crippen molar-refractivity contribution < 1.29 is 4.79 Å². The molecule has 0 aliphatic rings. The van der Waals surface area contributed by atoms with Crippen LogP contribution in [0.25, 0.3) is 0 Å². The number of hydrogen-bond donors (Lipinski definition) is 1. The molecule has 0 aliphatic heterocycles. The molecule has 2 aromatic heterocycles. The standard InChI is InChI=1S/C12H12N2OS/c15-12(11-2-5-13-6-3-11)14-7-1-10-4-8-16-9-10/h2-6,8-9H,1,7H2,(H,14,15). The second-order valence-corrected chi connectivity index (χ2v) is 4.15. The summed E-state index contributed by atoms with van der Waals surface area (Å²) >= 11 is 1.67. The summed E-state index contributed by atoms with van der Waals surface area (Å²) in [7, 11) is 0. The van der Waals surface area contributed by atoms with Crippen molar-refractivity contribution in [3.8, 4) is 0 Å². The molecule has 82 valence electrons. The van der Waals surface area contributed by atoms with Crippen LogP contribution in [0, 0.1) is 0 Å². The minimum atomic E-state index is -0.0439. The molecule has 0 fully saturated rings. The molecule has 0 bridgehead atoms. The van der Waals surface area contributed by atoms with E-state index in [-0.39, 0.29) is 5.91 Å². The van der Waals surface area contributed by atoms with E-state index < -0.39 is 0 Å². The summed E-state index contributed by atoms with van der Waals surface area (Å²) in [6.07, 6.45) is 4.11. The first-order valence-electron chi connectivity index (χ1n) is 5.05. The first-order chi connectivity index (χ1) is 7.86. The highest BCUT2D eigenvalue weighted by molar-refractivity contribution is 7.07. The number of nitrogens with one attached hydrogen (secondary N) is 1. The van der Waals surface area contributed by atoms with Gasteiger partial charge in [-0.3, -0.25) is 9.78 Å². The zero-order valence-corrected chi connectivity index (χ0v) is 9.54. The summed E-state index contributed by atoms with van der Waals surface area (Å²) in [5.41, 5.74) is 1.92. The van der Waals surface area contributed by atoms with Gasteiger partial charge >= 0.3 is 0 Å². The van der Waals surface area contributed by atoms with Crippen LogP contribution in [0.3, 0.4) is 0 Å². The first-order valence-corrected chi connectivity index (χ1v) is 6.00. The molecule has 2 heterocycles. The van der Waals surface area contributed by atoms with Gasteiger partial charge in [-0.05, 0) is 40.9 Å². The molecule has 2 rings (SSSR count). The van der Waals surface area contributed by atoms with Gasteiger partial charge in [-0.15, -0.1) is 0 Å². The summed E-state index contributed by atoms with van der Waals surface area (Å²) in [5, 5.41) is 7.01. The van der Waals surface area contributed by atoms with Gasteiger partial charge in [-0.25, -0.2) is 0 Å². The van der Waals surface area contributed by atoms with Crippen molar-refractivity contribution in [3.05, 3.63) is 52.5 Å². The molecule has 0 aromatic carbocycles. The number of carbonyl (C=O) groups excluding carboxylic acids is 1. The Kier molecular flexibility index (Phi) is 3.66. The lowest BCUT2D eigenvalue weighted by molar-refractivity contribution is 0.0954. The predicted molar refractivity (Wildman–Crippen MR) is 64.6 cm³/mol. The van der Waals surface area contributed by atoms with E-state index in [9.17, 15) is 4.79 Å². The van der Waals surface area contributed by atoms with E-state index in [0.717, 1.165) is 6.42 Å². The molecule has 3 nitrogen and oxygen atoms in total. The lowest BCUT2D eigenvalue weighted by Gasteiger charge is -2.03. The molecule has 0 aliphatic carbocycles. The fourth-order valence-corrected chi connectivity index (χ4v) is 2.06. The largest absolute Gasteiger partial charge is 0.352 e. The Bertz CT molecular complexity index is 439. The van der Waals surface area contributed by atoms with Crippen molar-refractivity contribution in [2.75, 3.05) is 6.54 Å². The molecule has 2 aromatic rings. The van der Waals surface area contributed by atoms with Crippen LogP contribution in [0.1, 0.15) is 15.9 Å². The van der Waals surface area contributed by atoms with Crippen LogP contribution >= 0.6 is 11.3 Å². The Morgan fingerprint density at radius 2 is 2.12 bits per heavy atom. The number of pyridine rings is 1. The highest BCUT2D eigenvalue weighted by Crippen LogP contribution is 2.05. The fourth-order valence-electron chi connectivity index (χ4n) is 1.36. The molecule has 0 spiro atoms. The molecular formula is C12H12N2OS. The van der Waals surface area contributed by atoms with Crippen LogP contribution < -0.4 is 5.32 Å². The quantitative estimate of drug-likeness (QED) is 0.877. The molecule has 1 amide bonds. The van der Waals surface area contributed by atoms with Gasteiger partial charge < -0.3 is 5.32 Å². The van der Waals surface area contributed by atoms with E-state index in [1.165, 1.54) is 5.56 Å². The van der Waals surface area contributed by atoms with Crippen LogP contribution in [-0.4, -0.2) is 17.4 Å². The van der Waals surface area contributed by atoms with Crippen molar-refractivity contribution in [1.29, 1.82) is 0 Å². The molecule has 16 heavy (non-hydrogen) atoms. The Hall–Kier alpha value is -1.68. The van der Waals surface area contributed by atoms with Gasteiger partial charge in [0.2, 0.25) is 0 Å². The Labute approximate surface area is 98.2 Å². The molecule has 0 saturated heterocycles. The van der Waals surface area contributed by atoms with Crippen molar-refractivity contribution >= 4 is 17.2 Å². The van der Waals surface area contributed by atoms with Crippen LogP contribution in [-0.2, 0) is 6.42 Å². The van der Waals surface area contributed by atoms with E-state index in [1.54, 1.807) is 35.9 Å². The average Bonchev–Trinajstić information content (AvgIpc) is 2.83. The molecular weight excluding hydrogens is 220 g/mol. The van der Waals surface area contributed by atoms with E-state index in [0.29, 0.717) is 12.1 Å².